The van der Waals surface area contributed by atoms with E-state index in [-0.39, 0.29) is 37.0 Å². The number of hydrogen-bond donors (Lipinski definition) is 2. The second-order valence-electron chi connectivity index (χ2n) is 2.79. The lowest BCUT2D eigenvalue weighted by atomic mass is 10.2. The summed E-state index contributed by atoms with van der Waals surface area (Å²) >= 11 is 0. The maximum absolute atomic E-state index is 5.71. The summed E-state index contributed by atoms with van der Waals surface area (Å²) in [6.07, 6.45) is 3.26. The van der Waals surface area contributed by atoms with Crippen molar-refractivity contribution < 1.29 is 9.47 Å². The second kappa shape index (κ2) is 6.08. The molecule has 0 aromatic carbocycles. The van der Waals surface area contributed by atoms with Gasteiger partial charge in [0.25, 0.3) is 0 Å². The van der Waals surface area contributed by atoms with Crippen LogP contribution in [0.15, 0.2) is 12.4 Å². The number of H-pyrrole nitrogens is 1. The maximum atomic E-state index is 5.71. The van der Waals surface area contributed by atoms with E-state index in [1.54, 1.807) is 12.4 Å². The van der Waals surface area contributed by atoms with Crippen LogP contribution in [0.5, 0.6) is 5.75 Å². The molecule has 0 spiro atoms. The Morgan fingerprint density at radius 2 is 2.29 bits per heavy atom. The molecule has 5 nitrogen and oxygen atoms in total. The van der Waals surface area contributed by atoms with Crippen molar-refractivity contribution >= 4 is 24.8 Å². The van der Waals surface area contributed by atoms with Crippen LogP contribution in [-0.4, -0.2) is 35.6 Å². The fourth-order valence-electron chi connectivity index (χ4n) is 1.15. The zero-order valence-corrected chi connectivity index (χ0v) is 9.01. The maximum Gasteiger partial charge on any atom is 0.157 e. The number of halogens is 2. The standard InChI is InChI=1S/C7H11N3O2.2ClH/c8-6-3-11-4-7(6)12-5-1-9-10-2-5;;/h1-2,6-7H,3-4,8H2,(H,9,10);2*1H/t6-,7+;;/m1../s1. The summed E-state index contributed by atoms with van der Waals surface area (Å²) in [7, 11) is 0. The molecule has 2 heterocycles. The molecule has 2 rings (SSSR count). The lowest BCUT2D eigenvalue weighted by Crippen LogP contribution is -2.37. The molecule has 1 fully saturated rings. The highest BCUT2D eigenvalue weighted by atomic mass is 35.5. The third-order valence-corrected chi connectivity index (χ3v) is 1.83. The Bertz CT molecular complexity index is 245. The number of ether oxygens (including phenoxy) is 2. The summed E-state index contributed by atoms with van der Waals surface area (Å²) in [5, 5.41) is 6.42. The van der Waals surface area contributed by atoms with Gasteiger partial charge in [-0.3, -0.25) is 5.10 Å². The Hall–Kier alpha value is -0.490. The van der Waals surface area contributed by atoms with Gasteiger partial charge < -0.3 is 15.2 Å². The molecule has 14 heavy (non-hydrogen) atoms. The lowest BCUT2D eigenvalue weighted by Gasteiger charge is -2.13. The second-order valence-corrected chi connectivity index (χ2v) is 2.79. The van der Waals surface area contributed by atoms with Crippen molar-refractivity contribution in [1.29, 1.82) is 0 Å². The van der Waals surface area contributed by atoms with Crippen LogP contribution < -0.4 is 10.5 Å². The van der Waals surface area contributed by atoms with Crippen LogP contribution in [-0.2, 0) is 4.74 Å². The third kappa shape index (κ3) is 3.02. The van der Waals surface area contributed by atoms with Gasteiger partial charge in [-0.2, -0.15) is 5.10 Å². The first-order valence-electron chi connectivity index (χ1n) is 3.85. The van der Waals surface area contributed by atoms with Crippen LogP contribution in [0.3, 0.4) is 0 Å². The van der Waals surface area contributed by atoms with Crippen molar-refractivity contribution in [1.82, 2.24) is 10.2 Å². The summed E-state index contributed by atoms with van der Waals surface area (Å²) in [5.74, 6) is 0.709. The van der Waals surface area contributed by atoms with Gasteiger partial charge in [0.2, 0.25) is 0 Å². The Balaban J connectivity index is 0.000000845. The molecule has 82 valence electrons. The number of rotatable bonds is 2. The Morgan fingerprint density at radius 1 is 1.50 bits per heavy atom. The number of aromatic amines is 1. The summed E-state index contributed by atoms with van der Waals surface area (Å²) in [5.41, 5.74) is 5.71. The minimum Gasteiger partial charge on any atom is -0.483 e. The van der Waals surface area contributed by atoms with Crippen LogP contribution in [0.2, 0.25) is 0 Å². The molecule has 1 aliphatic rings. The lowest BCUT2D eigenvalue weighted by molar-refractivity contribution is 0.140. The number of nitrogens with one attached hydrogen (secondary N) is 1. The molecule has 7 heteroatoms. The Kier molecular flexibility index (Phi) is 5.87. The molecule has 1 aromatic rings. The van der Waals surface area contributed by atoms with Gasteiger partial charge in [0.15, 0.2) is 5.75 Å². The van der Waals surface area contributed by atoms with E-state index in [0.29, 0.717) is 19.0 Å². The number of nitrogens with zero attached hydrogens (tertiary/aromatic N) is 1. The van der Waals surface area contributed by atoms with E-state index in [1.165, 1.54) is 0 Å². The Labute approximate surface area is 94.2 Å². The van der Waals surface area contributed by atoms with Crippen molar-refractivity contribution in [3.8, 4) is 5.75 Å². The van der Waals surface area contributed by atoms with Gasteiger partial charge in [-0.1, -0.05) is 0 Å². The van der Waals surface area contributed by atoms with Crippen LogP contribution in [0.25, 0.3) is 0 Å². The summed E-state index contributed by atoms with van der Waals surface area (Å²) in [4.78, 5) is 0. The van der Waals surface area contributed by atoms with Gasteiger partial charge in [0.1, 0.15) is 6.10 Å². The zero-order chi connectivity index (χ0) is 8.39. The van der Waals surface area contributed by atoms with Gasteiger partial charge in [-0.05, 0) is 0 Å². The normalized spacial score (nSPS) is 24.9. The molecule has 0 radical (unpaired) electrons. The zero-order valence-electron chi connectivity index (χ0n) is 7.38. The summed E-state index contributed by atoms with van der Waals surface area (Å²) in [6, 6.07) is -0.0279. The van der Waals surface area contributed by atoms with E-state index >= 15 is 0 Å². The molecule has 0 bridgehead atoms. The van der Waals surface area contributed by atoms with Gasteiger partial charge in [-0.25, -0.2) is 0 Å². The van der Waals surface area contributed by atoms with E-state index in [2.05, 4.69) is 10.2 Å². The van der Waals surface area contributed by atoms with Gasteiger partial charge in [0.05, 0.1) is 31.6 Å². The molecule has 0 amide bonds. The summed E-state index contributed by atoms with van der Waals surface area (Å²) in [6.45, 7) is 1.13. The summed E-state index contributed by atoms with van der Waals surface area (Å²) < 4.78 is 10.6. The van der Waals surface area contributed by atoms with E-state index < -0.39 is 0 Å². The van der Waals surface area contributed by atoms with Crippen LogP contribution >= 0.6 is 24.8 Å². The number of nitrogens with two attached hydrogens (primary N) is 1. The van der Waals surface area contributed by atoms with Crippen LogP contribution in [0, 0.1) is 0 Å². The smallest absolute Gasteiger partial charge is 0.157 e. The Morgan fingerprint density at radius 3 is 2.79 bits per heavy atom. The van der Waals surface area contributed by atoms with E-state index in [9.17, 15) is 0 Å². The molecule has 1 aliphatic heterocycles. The molecule has 0 aliphatic carbocycles. The predicted octanol–water partition coefficient (Wildman–Crippen LogP) is 0.358. The first-order valence-corrected chi connectivity index (χ1v) is 3.85. The molecule has 1 aromatic heterocycles. The minimum atomic E-state index is -0.0393. The van der Waals surface area contributed by atoms with Gasteiger partial charge >= 0.3 is 0 Å². The molecule has 2 atom stereocenters. The first kappa shape index (κ1) is 13.5. The number of aromatic nitrogens is 2. The average Bonchev–Trinajstić information content (AvgIpc) is 2.65. The van der Waals surface area contributed by atoms with Crippen LogP contribution in [0.4, 0.5) is 0 Å². The molecule has 3 N–H and O–H groups in total. The highest BCUT2D eigenvalue weighted by molar-refractivity contribution is 5.85. The predicted molar refractivity (Wildman–Crippen MR) is 56.3 cm³/mol. The SMILES string of the molecule is Cl.Cl.N[C@@H]1COC[C@@H]1Oc1cn[nH]c1. The quantitative estimate of drug-likeness (QED) is 0.785. The first-order chi connectivity index (χ1) is 5.86. The topological polar surface area (TPSA) is 73.2 Å². The van der Waals surface area contributed by atoms with Gasteiger partial charge in [-0.15, -0.1) is 24.8 Å². The largest absolute Gasteiger partial charge is 0.483 e. The highest BCUT2D eigenvalue weighted by Crippen LogP contribution is 2.13. The van der Waals surface area contributed by atoms with Crippen LogP contribution in [0.1, 0.15) is 0 Å². The van der Waals surface area contributed by atoms with Crippen molar-refractivity contribution in [3.63, 3.8) is 0 Å². The van der Waals surface area contributed by atoms with Crippen molar-refractivity contribution in [2.75, 3.05) is 13.2 Å². The molecular weight excluding hydrogens is 229 g/mol. The fourth-order valence-corrected chi connectivity index (χ4v) is 1.15. The molecule has 0 unspecified atom stereocenters. The number of hydrogen-bond acceptors (Lipinski definition) is 4. The molecular formula is C7H13Cl2N3O2. The average molecular weight is 242 g/mol. The minimum absolute atomic E-state index is 0. The van der Waals surface area contributed by atoms with Crippen molar-refractivity contribution in [3.05, 3.63) is 12.4 Å². The van der Waals surface area contributed by atoms with E-state index in [0.717, 1.165) is 0 Å². The third-order valence-electron chi connectivity index (χ3n) is 1.83. The fraction of sp³-hybridized carbons (Fsp3) is 0.571. The molecule has 1 saturated heterocycles. The monoisotopic (exact) mass is 241 g/mol. The van der Waals surface area contributed by atoms with Crippen molar-refractivity contribution in [2.24, 2.45) is 5.73 Å². The van der Waals surface area contributed by atoms with E-state index in [4.69, 9.17) is 15.2 Å². The van der Waals surface area contributed by atoms with E-state index in [1.807, 2.05) is 0 Å². The molecule has 0 saturated carbocycles. The van der Waals surface area contributed by atoms with Gasteiger partial charge in [0, 0.05) is 0 Å². The highest BCUT2D eigenvalue weighted by Gasteiger charge is 2.26. The van der Waals surface area contributed by atoms with Crippen molar-refractivity contribution in [2.45, 2.75) is 12.1 Å².